The van der Waals surface area contributed by atoms with Gasteiger partial charge >= 0.3 is 0 Å². The molecule has 0 radical (unpaired) electrons. The quantitative estimate of drug-likeness (QED) is 0.0415. The topological polar surface area (TPSA) is 110 Å². The molecule has 1 saturated carbocycles. The summed E-state index contributed by atoms with van der Waals surface area (Å²) < 4.78 is 21.2. The van der Waals surface area contributed by atoms with Crippen molar-refractivity contribution in [2.75, 3.05) is 32.6 Å². The van der Waals surface area contributed by atoms with Gasteiger partial charge in [0.15, 0.2) is 0 Å². The number of carbonyl (C=O) groups is 1. The lowest BCUT2D eigenvalue weighted by Crippen LogP contribution is -2.70. The number of nitrogens with zero attached hydrogens (tertiary/aromatic N) is 2. The predicted molar refractivity (Wildman–Crippen MR) is 249 cm³/mol. The lowest BCUT2D eigenvalue weighted by atomic mass is 9.55. The molecule has 0 aromatic heterocycles. The molecule has 4 aromatic carbocycles. The number of fused-ring (bicyclic) bond motifs is 3. The number of ether oxygens (including phenoxy) is 3. The van der Waals surface area contributed by atoms with E-state index < -0.39 is 23.3 Å². The lowest BCUT2D eigenvalue weighted by molar-refractivity contribution is -0.254. The molecule has 10 heteroatoms. The van der Waals surface area contributed by atoms with Gasteiger partial charge in [0.25, 0.3) is 5.91 Å². The van der Waals surface area contributed by atoms with Crippen molar-refractivity contribution < 1.29 is 34.1 Å². The van der Waals surface area contributed by atoms with E-state index >= 15 is 4.79 Å². The number of hydrogen-bond acceptors (Lipinski definition) is 9. The Morgan fingerprint density at radius 3 is 2.37 bits per heavy atom. The molecule has 1 heterocycles. The van der Waals surface area contributed by atoms with E-state index in [1.54, 1.807) is 17.8 Å². The molecule has 0 saturated heterocycles. The molecule has 0 spiro atoms. The SMILES string of the molecule is C=CCOC12Oc3ccc(Oc4ccc(SC)cc4)cc3C3C(CCCCO)C(CCCCO)C=C(C(=NOC(C)(C)C)CC1N(CCC)C(=O)c1ccc4ccccc4c1)C32. The van der Waals surface area contributed by atoms with E-state index in [2.05, 4.69) is 50.1 Å². The Morgan fingerprint density at radius 1 is 0.952 bits per heavy atom. The molecule has 4 aromatic rings. The number of benzene rings is 4. The molecule has 9 nitrogen and oxygen atoms in total. The molecule has 1 fully saturated rings. The summed E-state index contributed by atoms with van der Waals surface area (Å²) >= 11 is 1.69. The number of aliphatic hydroxyl groups is 2. The Hall–Kier alpha value is -4.61. The molecule has 62 heavy (non-hydrogen) atoms. The first-order valence-electron chi connectivity index (χ1n) is 22.4. The first-order chi connectivity index (χ1) is 30.0. The van der Waals surface area contributed by atoms with Gasteiger partial charge in [0.2, 0.25) is 5.79 Å². The molecule has 7 rings (SSSR count). The highest BCUT2D eigenvalue weighted by atomic mass is 32.2. The molecular weight excluding hydrogens is 797 g/mol. The number of aliphatic hydroxyl groups excluding tert-OH is 2. The van der Waals surface area contributed by atoms with Crippen LogP contribution in [0.4, 0.5) is 0 Å². The second-order valence-electron chi connectivity index (χ2n) is 17.8. The third-order valence-corrected chi connectivity index (χ3v) is 13.2. The van der Waals surface area contributed by atoms with Crippen molar-refractivity contribution in [1.29, 1.82) is 0 Å². The van der Waals surface area contributed by atoms with Gasteiger partial charge in [-0.1, -0.05) is 67.4 Å². The van der Waals surface area contributed by atoms with Crippen molar-refractivity contribution in [2.24, 2.45) is 22.9 Å². The van der Waals surface area contributed by atoms with Gasteiger partial charge in [-0.05, 0) is 142 Å². The minimum absolute atomic E-state index is 0.0961. The zero-order valence-corrected chi connectivity index (χ0v) is 37.9. The Kier molecular flexibility index (Phi) is 14.8. The summed E-state index contributed by atoms with van der Waals surface area (Å²) in [6.07, 6.45) is 12.0. The highest BCUT2D eigenvalue weighted by Gasteiger charge is 2.65. The van der Waals surface area contributed by atoms with E-state index in [-0.39, 0.29) is 43.5 Å². The number of amides is 1. The van der Waals surface area contributed by atoms with Crippen LogP contribution < -0.4 is 9.47 Å². The van der Waals surface area contributed by atoms with E-state index in [1.807, 2.05) is 86.3 Å². The molecule has 1 amide bonds. The highest BCUT2D eigenvalue weighted by Crippen LogP contribution is 2.62. The van der Waals surface area contributed by atoms with Crippen molar-refractivity contribution in [1.82, 2.24) is 4.90 Å². The van der Waals surface area contributed by atoms with Crippen LogP contribution in [-0.2, 0) is 9.57 Å². The van der Waals surface area contributed by atoms with Crippen LogP contribution in [0.1, 0.15) is 101 Å². The number of carbonyl (C=O) groups excluding carboxylic acids is 1. The number of allylic oxidation sites excluding steroid dienone is 1. The maximum absolute atomic E-state index is 15.2. The molecular formula is C52H64N2O7S. The standard InChI is InChI=1S/C52H64N2O7S/c1-7-27-54(50(57)38-20-19-35-15-9-10-16-36(35)31-38)47-34-45(53-61-51(3,4)5)43-32-37(17-11-13-28-55)42(18-12-14-29-56)48-44-33-40(59-39-21-24-41(62-6)25-22-39)23-26-46(44)60-52(47,49(43)48)58-30-8-2/h8-10,15-16,19-26,31-33,37,42,47-49,55-56H,2,7,11-14,17-18,27-30,34H2,1,3-6H3. The third kappa shape index (κ3) is 9.79. The lowest BCUT2D eigenvalue weighted by Gasteiger charge is -2.60. The molecule has 6 atom stereocenters. The Bertz CT molecular complexity index is 2230. The second-order valence-corrected chi connectivity index (χ2v) is 18.7. The summed E-state index contributed by atoms with van der Waals surface area (Å²) in [6, 6.07) is 27.6. The van der Waals surface area contributed by atoms with Gasteiger partial charge in [0.05, 0.1) is 18.2 Å². The van der Waals surface area contributed by atoms with Crippen LogP contribution in [0.25, 0.3) is 10.8 Å². The van der Waals surface area contributed by atoms with Gasteiger partial charge in [-0.15, -0.1) is 18.3 Å². The van der Waals surface area contributed by atoms with Crippen LogP contribution >= 0.6 is 11.8 Å². The first kappa shape index (κ1) is 45.4. The summed E-state index contributed by atoms with van der Waals surface area (Å²) in [5.41, 5.74) is 2.82. The zero-order chi connectivity index (χ0) is 43.9. The fraction of sp³-hybridized carbons (Fsp3) is 0.462. The number of oxime groups is 1. The minimum atomic E-state index is -1.35. The molecule has 1 aliphatic heterocycles. The van der Waals surface area contributed by atoms with Gasteiger partial charge in [0.1, 0.15) is 28.9 Å². The summed E-state index contributed by atoms with van der Waals surface area (Å²) in [5, 5.41) is 27.0. The predicted octanol–water partition coefficient (Wildman–Crippen LogP) is 11.3. The molecule has 2 aliphatic carbocycles. The Balaban J connectivity index is 1.45. The summed E-state index contributed by atoms with van der Waals surface area (Å²) in [5.74, 6) is 0.312. The number of hydrogen-bond donors (Lipinski definition) is 2. The van der Waals surface area contributed by atoms with Crippen LogP contribution in [0.15, 0.2) is 119 Å². The Labute approximate surface area is 372 Å². The Morgan fingerprint density at radius 2 is 1.68 bits per heavy atom. The van der Waals surface area contributed by atoms with Gasteiger partial charge in [-0.2, -0.15) is 0 Å². The smallest absolute Gasteiger partial charge is 0.254 e. The van der Waals surface area contributed by atoms with E-state index in [9.17, 15) is 10.2 Å². The van der Waals surface area contributed by atoms with Crippen molar-refractivity contribution in [3.05, 3.63) is 120 Å². The largest absolute Gasteiger partial charge is 0.459 e. The monoisotopic (exact) mass is 860 g/mol. The third-order valence-electron chi connectivity index (χ3n) is 12.5. The average Bonchev–Trinajstić information content (AvgIpc) is 3.27. The fourth-order valence-electron chi connectivity index (χ4n) is 9.81. The summed E-state index contributed by atoms with van der Waals surface area (Å²) in [6.45, 7) is 13.0. The minimum Gasteiger partial charge on any atom is -0.459 e. The molecule has 6 unspecified atom stereocenters. The molecule has 3 aliphatic rings. The number of thioether (sulfide) groups is 1. The number of rotatable bonds is 19. The van der Waals surface area contributed by atoms with Gasteiger partial charge in [-0.3, -0.25) is 4.79 Å². The van der Waals surface area contributed by atoms with E-state index in [0.29, 0.717) is 49.3 Å². The molecule has 0 bridgehead atoms. The summed E-state index contributed by atoms with van der Waals surface area (Å²) in [7, 11) is 0. The second kappa shape index (κ2) is 20.3. The van der Waals surface area contributed by atoms with E-state index in [0.717, 1.165) is 63.9 Å². The fourth-order valence-corrected chi connectivity index (χ4v) is 10.2. The zero-order valence-electron chi connectivity index (χ0n) is 37.1. The van der Waals surface area contributed by atoms with Crippen molar-refractivity contribution in [3.8, 4) is 17.2 Å². The van der Waals surface area contributed by atoms with Crippen molar-refractivity contribution in [2.45, 2.75) is 107 Å². The van der Waals surface area contributed by atoms with Crippen LogP contribution in [0, 0.1) is 17.8 Å². The summed E-state index contributed by atoms with van der Waals surface area (Å²) in [4.78, 5) is 24.7. The van der Waals surface area contributed by atoms with Crippen molar-refractivity contribution in [3.63, 3.8) is 0 Å². The number of unbranched alkanes of at least 4 members (excludes halogenated alkanes) is 2. The average molecular weight is 861 g/mol. The van der Waals surface area contributed by atoms with Gasteiger partial charge in [-0.25, -0.2) is 0 Å². The highest BCUT2D eigenvalue weighted by molar-refractivity contribution is 7.98. The normalized spacial score (nSPS) is 23.5. The molecule has 2 N–H and O–H groups in total. The maximum atomic E-state index is 15.2. The van der Waals surface area contributed by atoms with Crippen LogP contribution in [0.5, 0.6) is 17.2 Å². The van der Waals surface area contributed by atoms with Gasteiger partial charge < -0.3 is 34.2 Å². The van der Waals surface area contributed by atoms with Crippen LogP contribution in [-0.4, -0.2) is 76.8 Å². The molecule has 330 valence electrons. The van der Waals surface area contributed by atoms with Crippen LogP contribution in [0.3, 0.4) is 0 Å². The van der Waals surface area contributed by atoms with Crippen LogP contribution in [0.2, 0.25) is 0 Å². The maximum Gasteiger partial charge on any atom is 0.254 e. The van der Waals surface area contributed by atoms with E-state index in [1.165, 1.54) is 0 Å². The van der Waals surface area contributed by atoms with Crippen molar-refractivity contribution >= 4 is 34.2 Å². The first-order valence-corrected chi connectivity index (χ1v) is 23.6. The van der Waals surface area contributed by atoms with E-state index in [4.69, 9.17) is 24.2 Å². The van der Waals surface area contributed by atoms with Gasteiger partial charge in [0, 0.05) is 48.1 Å².